The normalized spacial score (nSPS) is 17.0. The Bertz CT molecular complexity index is 728. The van der Waals surface area contributed by atoms with E-state index < -0.39 is 0 Å². The van der Waals surface area contributed by atoms with Gasteiger partial charge in [-0.15, -0.1) is 11.8 Å². The highest BCUT2D eigenvalue weighted by atomic mass is 35.5. The summed E-state index contributed by atoms with van der Waals surface area (Å²) in [4.78, 5) is 24.6. The van der Waals surface area contributed by atoms with E-state index in [9.17, 15) is 9.59 Å². The number of carbonyl (C=O) groups excluding carboxylic acids is 2. The van der Waals surface area contributed by atoms with Gasteiger partial charge in [-0.3, -0.25) is 14.9 Å². The lowest BCUT2D eigenvalue weighted by Gasteiger charge is -2.11. The van der Waals surface area contributed by atoms with Gasteiger partial charge in [0.1, 0.15) is 0 Å². The predicted molar refractivity (Wildman–Crippen MR) is 94.2 cm³/mol. The number of halogens is 1. The Balaban J connectivity index is 1.75. The first-order valence-electron chi connectivity index (χ1n) is 7.16. The molecule has 118 valence electrons. The molecular weight excluding hydrogens is 332 g/mol. The van der Waals surface area contributed by atoms with Crippen LogP contribution in [0.15, 0.2) is 48.5 Å². The molecule has 0 saturated carbocycles. The van der Waals surface area contributed by atoms with Crippen molar-refractivity contribution >= 4 is 40.7 Å². The van der Waals surface area contributed by atoms with Crippen LogP contribution < -0.4 is 10.6 Å². The topological polar surface area (TPSA) is 58.2 Å². The average molecular weight is 347 g/mol. The quantitative estimate of drug-likeness (QED) is 0.835. The summed E-state index contributed by atoms with van der Waals surface area (Å²) in [6.07, 6.45) is 0. The van der Waals surface area contributed by atoms with E-state index in [0.29, 0.717) is 21.8 Å². The molecule has 6 heteroatoms. The van der Waals surface area contributed by atoms with Gasteiger partial charge in [0.05, 0.1) is 6.04 Å². The van der Waals surface area contributed by atoms with Crippen molar-refractivity contribution in [3.8, 4) is 0 Å². The van der Waals surface area contributed by atoms with Crippen LogP contribution in [0.2, 0.25) is 5.02 Å². The number of anilines is 1. The second kappa shape index (κ2) is 7.17. The van der Waals surface area contributed by atoms with Crippen LogP contribution in [-0.2, 0) is 4.79 Å². The largest absolute Gasteiger partial charge is 0.325 e. The van der Waals surface area contributed by atoms with Crippen molar-refractivity contribution < 1.29 is 9.59 Å². The number of thioether (sulfide) groups is 1. The molecule has 1 unspecified atom stereocenters. The molecule has 1 saturated heterocycles. The van der Waals surface area contributed by atoms with Crippen molar-refractivity contribution in [2.75, 3.05) is 16.9 Å². The van der Waals surface area contributed by atoms with Crippen LogP contribution in [0.1, 0.15) is 15.9 Å². The molecule has 0 aromatic heterocycles. The molecule has 1 aliphatic rings. The molecule has 4 nitrogen and oxygen atoms in total. The van der Waals surface area contributed by atoms with Gasteiger partial charge >= 0.3 is 0 Å². The molecule has 3 rings (SSSR count). The highest BCUT2D eigenvalue weighted by molar-refractivity contribution is 7.99. The zero-order valence-corrected chi connectivity index (χ0v) is 13.8. The molecule has 1 amide bonds. The lowest BCUT2D eigenvalue weighted by atomic mass is 10.0. The van der Waals surface area contributed by atoms with Crippen molar-refractivity contribution in [1.29, 1.82) is 0 Å². The van der Waals surface area contributed by atoms with Crippen LogP contribution in [0.25, 0.3) is 0 Å². The van der Waals surface area contributed by atoms with E-state index in [1.54, 1.807) is 60.3 Å². The molecule has 1 aliphatic heterocycles. The van der Waals surface area contributed by atoms with Gasteiger partial charge in [-0.05, 0) is 36.4 Å². The van der Waals surface area contributed by atoms with Gasteiger partial charge in [-0.2, -0.15) is 0 Å². The fraction of sp³-hybridized carbons (Fsp3) is 0.176. The van der Waals surface area contributed by atoms with Crippen molar-refractivity contribution in [2.24, 2.45) is 0 Å². The molecule has 2 aromatic carbocycles. The average Bonchev–Trinajstić information content (AvgIpc) is 3.10. The van der Waals surface area contributed by atoms with Gasteiger partial charge in [0.15, 0.2) is 5.78 Å². The first-order valence-corrected chi connectivity index (χ1v) is 8.69. The summed E-state index contributed by atoms with van der Waals surface area (Å²) in [6.45, 7) is 0. The molecule has 23 heavy (non-hydrogen) atoms. The van der Waals surface area contributed by atoms with Gasteiger partial charge in [-0.1, -0.05) is 23.7 Å². The zero-order chi connectivity index (χ0) is 16.2. The molecule has 2 N–H and O–H groups in total. The minimum absolute atomic E-state index is 0.0777. The molecule has 1 fully saturated rings. The second-order valence-corrected chi connectivity index (χ2v) is 6.64. The van der Waals surface area contributed by atoms with Crippen LogP contribution in [0, 0.1) is 0 Å². The summed E-state index contributed by atoms with van der Waals surface area (Å²) in [6, 6.07) is 13.5. The molecule has 0 aliphatic carbocycles. The summed E-state index contributed by atoms with van der Waals surface area (Å²) in [5.74, 6) is 1.36. The number of hydrogen-bond acceptors (Lipinski definition) is 4. The van der Waals surface area contributed by atoms with E-state index in [1.165, 1.54) is 0 Å². The molecular formula is C17H15ClN2O2S. The van der Waals surface area contributed by atoms with Gasteiger partial charge in [0, 0.05) is 33.5 Å². The van der Waals surface area contributed by atoms with Crippen LogP contribution in [0.3, 0.4) is 0 Å². The standard InChI is InChI=1S/C17H15ClN2O2S/c18-13-6-4-11(5-7-13)16(21)12-2-1-3-14(8-12)20-17(22)15-9-23-10-19-15/h1-8,15,19H,9-10H2,(H,20,22). The van der Waals surface area contributed by atoms with Crippen LogP contribution in [0.5, 0.6) is 0 Å². The van der Waals surface area contributed by atoms with Crippen molar-refractivity contribution in [3.05, 3.63) is 64.7 Å². The lowest BCUT2D eigenvalue weighted by Crippen LogP contribution is -2.37. The minimum atomic E-state index is -0.185. The fourth-order valence-corrected chi connectivity index (χ4v) is 3.37. The first kappa shape index (κ1) is 16.1. The van der Waals surface area contributed by atoms with Gasteiger partial charge in [-0.25, -0.2) is 0 Å². The Morgan fingerprint density at radius 1 is 1.13 bits per heavy atom. The van der Waals surface area contributed by atoms with Crippen molar-refractivity contribution in [2.45, 2.75) is 6.04 Å². The van der Waals surface area contributed by atoms with E-state index in [2.05, 4.69) is 10.6 Å². The summed E-state index contributed by atoms with van der Waals surface area (Å²) in [5.41, 5.74) is 1.71. The Morgan fingerprint density at radius 2 is 1.91 bits per heavy atom. The second-order valence-electron chi connectivity index (χ2n) is 5.18. The fourth-order valence-electron chi connectivity index (χ4n) is 2.30. The Labute approximate surface area is 143 Å². The van der Waals surface area contributed by atoms with E-state index in [0.717, 1.165) is 11.6 Å². The number of hydrogen-bond donors (Lipinski definition) is 2. The summed E-state index contributed by atoms with van der Waals surface area (Å²) >= 11 is 7.53. The minimum Gasteiger partial charge on any atom is -0.325 e. The van der Waals surface area contributed by atoms with E-state index >= 15 is 0 Å². The maximum absolute atomic E-state index is 12.5. The van der Waals surface area contributed by atoms with Crippen LogP contribution in [0.4, 0.5) is 5.69 Å². The summed E-state index contributed by atoms with van der Waals surface area (Å²) in [5, 5.41) is 6.56. The smallest absolute Gasteiger partial charge is 0.242 e. The highest BCUT2D eigenvalue weighted by Crippen LogP contribution is 2.18. The molecule has 1 heterocycles. The Morgan fingerprint density at radius 3 is 2.61 bits per heavy atom. The summed E-state index contributed by atoms with van der Waals surface area (Å²) < 4.78 is 0. The number of nitrogens with one attached hydrogen (secondary N) is 2. The highest BCUT2D eigenvalue weighted by Gasteiger charge is 2.22. The molecule has 2 aromatic rings. The summed E-state index contributed by atoms with van der Waals surface area (Å²) in [7, 11) is 0. The molecule has 0 radical (unpaired) electrons. The predicted octanol–water partition coefficient (Wildman–Crippen LogP) is 3.17. The van der Waals surface area contributed by atoms with Crippen molar-refractivity contribution in [1.82, 2.24) is 5.32 Å². The van der Waals surface area contributed by atoms with Gasteiger partial charge in [0.25, 0.3) is 0 Å². The Kier molecular flexibility index (Phi) is 5.00. The van der Waals surface area contributed by atoms with Gasteiger partial charge < -0.3 is 5.32 Å². The van der Waals surface area contributed by atoms with Crippen LogP contribution in [-0.4, -0.2) is 29.4 Å². The number of amides is 1. The lowest BCUT2D eigenvalue weighted by molar-refractivity contribution is -0.117. The molecule has 1 atom stereocenters. The number of carbonyl (C=O) groups is 2. The monoisotopic (exact) mass is 346 g/mol. The maximum atomic E-state index is 12.5. The Hall–Kier alpha value is -1.82. The third-order valence-corrected chi connectivity index (χ3v) is 4.72. The van der Waals surface area contributed by atoms with E-state index in [4.69, 9.17) is 11.6 Å². The maximum Gasteiger partial charge on any atom is 0.242 e. The van der Waals surface area contributed by atoms with E-state index in [1.807, 2.05) is 0 Å². The third kappa shape index (κ3) is 3.93. The van der Waals surface area contributed by atoms with Crippen LogP contribution >= 0.6 is 23.4 Å². The zero-order valence-electron chi connectivity index (χ0n) is 12.2. The van der Waals surface area contributed by atoms with Gasteiger partial charge in [0.2, 0.25) is 5.91 Å². The van der Waals surface area contributed by atoms with Crippen molar-refractivity contribution in [3.63, 3.8) is 0 Å². The number of ketones is 1. The number of rotatable bonds is 4. The number of benzene rings is 2. The van der Waals surface area contributed by atoms with E-state index in [-0.39, 0.29) is 17.7 Å². The first-order chi connectivity index (χ1) is 11.1. The molecule has 0 spiro atoms. The molecule has 0 bridgehead atoms. The third-order valence-electron chi connectivity index (χ3n) is 3.53. The SMILES string of the molecule is O=C(c1ccc(Cl)cc1)c1cccc(NC(=O)C2CSCN2)c1.